The van der Waals surface area contributed by atoms with Gasteiger partial charge in [0.1, 0.15) is 0 Å². The summed E-state index contributed by atoms with van der Waals surface area (Å²) in [7, 11) is 2.06. The van der Waals surface area contributed by atoms with Gasteiger partial charge in [0.05, 0.1) is 0 Å². The molecule has 1 aliphatic carbocycles. The average molecular weight is 238 g/mol. The van der Waals surface area contributed by atoms with E-state index in [0.29, 0.717) is 6.04 Å². The van der Waals surface area contributed by atoms with Crippen molar-refractivity contribution in [2.45, 2.75) is 38.1 Å². The van der Waals surface area contributed by atoms with Crippen molar-refractivity contribution in [2.24, 2.45) is 5.92 Å². The van der Waals surface area contributed by atoms with E-state index in [2.05, 4.69) is 24.5 Å². The van der Waals surface area contributed by atoms with E-state index < -0.39 is 0 Å². The summed E-state index contributed by atoms with van der Waals surface area (Å²) in [4.78, 5) is 0. The first-order valence-electron chi connectivity index (χ1n) is 6.19. The van der Waals surface area contributed by atoms with E-state index in [9.17, 15) is 0 Å². The van der Waals surface area contributed by atoms with Gasteiger partial charge in [-0.2, -0.15) is 0 Å². The topological polar surface area (TPSA) is 12.0 Å². The molecule has 0 bridgehead atoms. The second kappa shape index (κ2) is 5.70. The molecule has 88 valence electrons. The SMILES string of the molecule is CNC(CCC1CC1)Cc1cccc(Cl)c1. The molecule has 1 aromatic carbocycles. The molecule has 1 saturated carbocycles. The van der Waals surface area contributed by atoms with Crippen molar-refractivity contribution in [3.63, 3.8) is 0 Å². The molecule has 1 aliphatic rings. The van der Waals surface area contributed by atoms with Crippen LogP contribution in [-0.2, 0) is 6.42 Å². The third-order valence-corrected chi connectivity index (χ3v) is 3.63. The number of likely N-dealkylation sites (N-methyl/N-ethyl adjacent to an activating group) is 1. The molecule has 1 nitrogen and oxygen atoms in total. The maximum absolute atomic E-state index is 5.99. The van der Waals surface area contributed by atoms with Crippen LogP contribution in [0.1, 0.15) is 31.2 Å². The van der Waals surface area contributed by atoms with Gasteiger partial charge in [-0.1, -0.05) is 36.6 Å². The lowest BCUT2D eigenvalue weighted by Gasteiger charge is -2.16. The molecule has 0 saturated heterocycles. The van der Waals surface area contributed by atoms with Gasteiger partial charge in [-0.25, -0.2) is 0 Å². The maximum Gasteiger partial charge on any atom is 0.0408 e. The zero-order valence-corrected chi connectivity index (χ0v) is 10.6. The summed E-state index contributed by atoms with van der Waals surface area (Å²) in [6.07, 6.45) is 6.66. The summed E-state index contributed by atoms with van der Waals surface area (Å²) >= 11 is 5.99. The molecule has 2 rings (SSSR count). The minimum absolute atomic E-state index is 0.596. The Morgan fingerprint density at radius 2 is 2.25 bits per heavy atom. The van der Waals surface area contributed by atoms with Crippen molar-refractivity contribution in [1.82, 2.24) is 5.32 Å². The van der Waals surface area contributed by atoms with Crippen LogP contribution in [0.25, 0.3) is 0 Å². The van der Waals surface area contributed by atoms with Crippen LogP contribution in [0.4, 0.5) is 0 Å². The van der Waals surface area contributed by atoms with Crippen LogP contribution in [-0.4, -0.2) is 13.1 Å². The number of hydrogen-bond donors (Lipinski definition) is 1. The monoisotopic (exact) mass is 237 g/mol. The van der Waals surface area contributed by atoms with Gasteiger partial charge in [0.2, 0.25) is 0 Å². The van der Waals surface area contributed by atoms with Crippen LogP contribution in [0, 0.1) is 5.92 Å². The third-order valence-electron chi connectivity index (χ3n) is 3.40. The molecule has 0 spiro atoms. The summed E-state index contributed by atoms with van der Waals surface area (Å²) in [6.45, 7) is 0. The lowest BCUT2D eigenvalue weighted by atomic mass is 10.0. The Morgan fingerprint density at radius 1 is 1.44 bits per heavy atom. The van der Waals surface area contributed by atoms with Crippen LogP contribution in [0.5, 0.6) is 0 Å². The standard InChI is InChI=1S/C14H20ClN/c1-16-14(8-7-11-5-6-11)10-12-3-2-4-13(15)9-12/h2-4,9,11,14,16H,5-8,10H2,1H3. The van der Waals surface area contributed by atoms with E-state index in [1.54, 1.807) is 0 Å². The minimum Gasteiger partial charge on any atom is -0.317 e. The normalized spacial score (nSPS) is 17.4. The first kappa shape index (κ1) is 11.9. The second-order valence-electron chi connectivity index (χ2n) is 4.84. The van der Waals surface area contributed by atoms with E-state index in [4.69, 9.17) is 11.6 Å². The molecular formula is C14H20ClN. The molecule has 1 unspecified atom stereocenters. The lowest BCUT2D eigenvalue weighted by Crippen LogP contribution is -2.27. The fraction of sp³-hybridized carbons (Fsp3) is 0.571. The number of hydrogen-bond acceptors (Lipinski definition) is 1. The summed E-state index contributed by atoms with van der Waals surface area (Å²) in [5.74, 6) is 1.02. The number of rotatable bonds is 6. The lowest BCUT2D eigenvalue weighted by molar-refractivity contribution is 0.485. The van der Waals surface area contributed by atoms with E-state index in [1.807, 2.05) is 12.1 Å². The van der Waals surface area contributed by atoms with Crippen LogP contribution in [0.15, 0.2) is 24.3 Å². The number of halogens is 1. The molecule has 16 heavy (non-hydrogen) atoms. The van der Waals surface area contributed by atoms with Crippen LogP contribution in [0.2, 0.25) is 5.02 Å². The van der Waals surface area contributed by atoms with E-state index in [0.717, 1.165) is 17.4 Å². The quantitative estimate of drug-likeness (QED) is 0.796. The molecule has 0 heterocycles. The van der Waals surface area contributed by atoms with Gasteiger partial charge in [0, 0.05) is 11.1 Å². The zero-order chi connectivity index (χ0) is 11.4. The molecule has 2 heteroatoms. The summed E-state index contributed by atoms with van der Waals surface area (Å²) in [6, 6.07) is 8.80. The molecule has 0 aliphatic heterocycles. The van der Waals surface area contributed by atoms with Crippen molar-refractivity contribution >= 4 is 11.6 Å². The molecule has 1 fully saturated rings. The minimum atomic E-state index is 0.596. The highest BCUT2D eigenvalue weighted by Gasteiger charge is 2.22. The van der Waals surface area contributed by atoms with Crippen molar-refractivity contribution < 1.29 is 0 Å². The molecule has 1 N–H and O–H groups in total. The smallest absolute Gasteiger partial charge is 0.0408 e. The zero-order valence-electron chi connectivity index (χ0n) is 9.88. The fourth-order valence-corrected chi connectivity index (χ4v) is 2.35. The van der Waals surface area contributed by atoms with Gasteiger partial charge in [0.15, 0.2) is 0 Å². The summed E-state index contributed by atoms with van der Waals surface area (Å²) in [5, 5.41) is 4.25. The van der Waals surface area contributed by atoms with Crippen molar-refractivity contribution in [3.8, 4) is 0 Å². The van der Waals surface area contributed by atoms with E-state index in [1.165, 1.54) is 31.2 Å². The Morgan fingerprint density at radius 3 is 2.88 bits per heavy atom. The summed E-state index contributed by atoms with van der Waals surface area (Å²) in [5.41, 5.74) is 1.34. The number of benzene rings is 1. The Hall–Kier alpha value is -0.530. The molecule has 0 radical (unpaired) electrons. The molecule has 1 atom stereocenters. The highest BCUT2D eigenvalue weighted by Crippen LogP contribution is 2.34. The highest BCUT2D eigenvalue weighted by atomic mass is 35.5. The third kappa shape index (κ3) is 3.80. The summed E-state index contributed by atoms with van der Waals surface area (Å²) < 4.78 is 0. The van der Waals surface area contributed by atoms with Gasteiger partial charge < -0.3 is 5.32 Å². The van der Waals surface area contributed by atoms with Crippen molar-refractivity contribution in [1.29, 1.82) is 0 Å². The van der Waals surface area contributed by atoms with Gasteiger partial charge >= 0.3 is 0 Å². The molecular weight excluding hydrogens is 218 g/mol. The van der Waals surface area contributed by atoms with Gasteiger partial charge in [-0.05, 0) is 49.9 Å². The molecule has 1 aromatic rings. The molecule has 0 amide bonds. The van der Waals surface area contributed by atoms with Gasteiger partial charge in [0.25, 0.3) is 0 Å². The predicted octanol–water partition coefficient (Wildman–Crippen LogP) is 3.66. The Balaban J connectivity index is 1.84. The first-order chi connectivity index (χ1) is 7.78. The second-order valence-corrected chi connectivity index (χ2v) is 5.28. The molecule has 0 aromatic heterocycles. The van der Waals surface area contributed by atoms with Gasteiger partial charge in [-0.15, -0.1) is 0 Å². The largest absolute Gasteiger partial charge is 0.317 e. The Bertz CT molecular complexity index is 333. The average Bonchev–Trinajstić information content (AvgIpc) is 3.08. The first-order valence-corrected chi connectivity index (χ1v) is 6.57. The van der Waals surface area contributed by atoms with Crippen LogP contribution in [0.3, 0.4) is 0 Å². The van der Waals surface area contributed by atoms with E-state index in [-0.39, 0.29) is 0 Å². The Kier molecular flexibility index (Phi) is 4.25. The number of nitrogens with one attached hydrogen (secondary N) is 1. The predicted molar refractivity (Wildman–Crippen MR) is 70.0 cm³/mol. The Labute approximate surface area is 103 Å². The fourth-order valence-electron chi connectivity index (χ4n) is 2.14. The van der Waals surface area contributed by atoms with Crippen molar-refractivity contribution in [3.05, 3.63) is 34.9 Å². The van der Waals surface area contributed by atoms with Crippen LogP contribution >= 0.6 is 11.6 Å². The van der Waals surface area contributed by atoms with Crippen LogP contribution < -0.4 is 5.32 Å². The maximum atomic E-state index is 5.99. The highest BCUT2D eigenvalue weighted by molar-refractivity contribution is 6.30. The van der Waals surface area contributed by atoms with Gasteiger partial charge in [-0.3, -0.25) is 0 Å². The van der Waals surface area contributed by atoms with E-state index >= 15 is 0 Å². The van der Waals surface area contributed by atoms with Crippen molar-refractivity contribution in [2.75, 3.05) is 7.05 Å².